The van der Waals surface area contributed by atoms with Crippen molar-refractivity contribution in [3.8, 4) is 5.75 Å². The minimum absolute atomic E-state index is 0.824. The number of ether oxygens (including phenoxy) is 1. The van der Waals surface area contributed by atoms with Crippen molar-refractivity contribution in [3.63, 3.8) is 0 Å². The summed E-state index contributed by atoms with van der Waals surface area (Å²) >= 11 is 1.69. The highest BCUT2D eigenvalue weighted by molar-refractivity contribution is 7.17. The highest BCUT2D eigenvalue weighted by atomic mass is 32.1. The summed E-state index contributed by atoms with van der Waals surface area (Å²) in [7, 11) is 1.67. The minimum Gasteiger partial charge on any atom is -0.495 e. The Balaban J connectivity index is 2.04. The second-order valence-corrected chi connectivity index (χ2v) is 4.79. The molecule has 0 aliphatic rings. The fourth-order valence-electron chi connectivity index (χ4n) is 1.89. The van der Waals surface area contributed by atoms with Crippen molar-refractivity contribution in [2.45, 2.75) is 0 Å². The molecule has 0 aliphatic carbocycles. The summed E-state index contributed by atoms with van der Waals surface area (Å²) < 4.78 is 6.51. The van der Waals surface area contributed by atoms with E-state index in [1.165, 1.54) is 10.1 Å². The number of rotatable bonds is 3. The number of benzene rings is 1. The lowest BCUT2D eigenvalue weighted by molar-refractivity contribution is 0.417. The quantitative estimate of drug-likeness (QED) is 0.767. The zero-order valence-electron chi connectivity index (χ0n) is 9.88. The molecule has 0 atom stereocenters. The first kappa shape index (κ1) is 11.0. The van der Waals surface area contributed by atoms with Crippen LogP contribution in [0.25, 0.3) is 10.1 Å². The van der Waals surface area contributed by atoms with Gasteiger partial charge in [-0.25, -0.2) is 0 Å². The van der Waals surface area contributed by atoms with Crippen molar-refractivity contribution in [2.75, 3.05) is 12.4 Å². The molecule has 0 radical (unpaired) electrons. The first-order valence-electron chi connectivity index (χ1n) is 5.60. The van der Waals surface area contributed by atoms with Crippen LogP contribution in [0, 0.1) is 0 Å². The molecule has 0 bridgehead atoms. The van der Waals surface area contributed by atoms with Crippen molar-refractivity contribution < 1.29 is 4.74 Å². The molecule has 4 heteroatoms. The van der Waals surface area contributed by atoms with Gasteiger partial charge in [-0.15, -0.1) is 11.3 Å². The predicted molar refractivity (Wildman–Crippen MR) is 75.9 cm³/mol. The van der Waals surface area contributed by atoms with E-state index in [1.807, 2.05) is 36.7 Å². The molecule has 0 amide bonds. The van der Waals surface area contributed by atoms with Gasteiger partial charge in [-0.05, 0) is 23.6 Å². The van der Waals surface area contributed by atoms with Gasteiger partial charge < -0.3 is 10.1 Å². The van der Waals surface area contributed by atoms with Crippen molar-refractivity contribution in [2.24, 2.45) is 0 Å². The van der Waals surface area contributed by atoms with E-state index in [0.717, 1.165) is 17.1 Å². The first-order valence-corrected chi connectivity index (χ1v) is 6.47. The lowest BCUT2D eigenvalue weighted by Gasteiger charge is -2.11. The third-order valence-electron chi connectivity index (χ3n) is 2.76. The molecule has 3 rings (SSSR count). The largest absolute Gasteiger partial charge is 0.495 e. The van der Waals surface area contributed by atoms with Gasteiger partial charge in [-0.1, -0.05) is 12.1 Å². The molecule has 18 heavy (non-hydrogen) atoms. The standard InChI is InChI=1S/C14H12N2OS/c1-17-13-5-3-2-4-11(13)16-12-8-15-9-14-10(12)6-7-18-14/h2-9,16H,1H3. The number of anilines is 2. The average molecular weight is 256 g/mol. The monoisotopic (exact) mass is 256 g/mol. The van der Waals surface area contributed by atoms with Crippen LogP contribution in [0.4, 0.5) is 11.4 Å². The zero-order chi connectivity index (χ0) is 12.4. The fourth-order valence-corrected chi connectivity index (χ4v) is 2.66. The van der Waals surface area contributed by atoms with E-state index in [4.69, 9.17) is 4.74 Å². The number of aromatic nitrogens is 1. The summed E-state index contributed by atoms with van der Waals surface area (Å²) in [5.41, 5.74) is 1.94. The van der Waals surface area contributed by atoms with Gasteiger partial charge in [-0.3, -0.25) is 4.98 Å². The average Bonchev–Trinajstić information content (AvgIpc) is 2.89. The van der Waals surface area contributed by atoms with Gasteiger partial charge >= 0.3 is 0 Å². The number of hydrogen-bond donors (Lipinski definition) is 1. The van der Waals surface area contributed by atoms with Gasteiger partial charge in [0.25, 0.3) is 0 Å². The smallest absolute Gasteiger partial charge is 0.142 e. The topological polar surface area (TPSA) is 34.1 Å². The Hall–Kier alpha value is -2.07. The summed E-state index contributed by atoms with van der Waals surface area (Å²) in [6.45, 7) is 0. The van der Waals surface area contributed by atoms with Gasteiger partial charge in [0.2, 0.25) is 0 Å². The molecule has 0 aliphatic heterocycles. The van der Waals surface area contributed by atoms with E-state index in [9.17, 15) is 0 Å². The lowest BCUT2D eigenvalue weighted by atomic mass is 10.2. The van der Waals surface area contributed by atoms with Crippen LogP contribution in [0.5, 0.6) is 5.75 Å². The lowest BCUT2D eigenvalue weighted by Crippen LogP contribution is -1.94. The maximum Gasteiger partial charge on any atom is 0.142 e. The number of nitrogens with one attached hydrogen (secondary N) is 1. The van der Waals surface area contributed by atoms with Gasteiger partial charge in [0.15, 0.2) is 0 Å². The van der Waals surface area contributed by atoms with E-state index < -0.39 is 0 Å². The van der Waals surface area contributed by atoms with Crippen LogP contribution in [0.1, 0.15) is 0 Å². The maximum absolute atomic E-state index is 5.33. The molecule has 3 aromatic rings. The first-order chi connectivity index (χ1) is 8.88. The predicted octanol–water partition coefficient (Wildman–Crippen LogP) is 4.05. The van der Waals surface area contributed by atoms with Crippen molar-refractivity contribution in [3.05, 3.63) is 48.1 Å². The SMILES string of the molecule is COc1ccccc1Nc1cncc2sccc12. The Kier molecular flexibility index (Phi) is 2.86. The normalized spacial score (nSPS) is 10.5. The summed E-state index contributed by atoms with van der Waals surface area (Å²) in [5, 5.41) is 6.62. The third-order valence-corrected chi connectivity index (χ3v) is 3.61. The Morgan fingerprint density at radius 3 is 2.89 bits per heavy atom. The van der Waals surface area contributed by atoms with E-state index in [2.05, 4.69) is 21.7 Å². The summed E-state index contributed by atoms with van der Waals surface area (Å²) in [5.74, 6) is 0.824. The van der Waals surface area contributed by atoms with Crippen LogP contribution < -0.4 is 10.1 Å². The van der Waals surface area contributed by atoms with Gasteiger partial charge in [0.1, 0.15) is 5.75 Å². The number of hydrogen-bond acceptors (Lipinski definition) is 4. The second-order valence-electron chi connectivity index (χ2n) is 3.84. The number of nitrogens with zero attached hydrogens (tertiary/aromatic N) is 1. The van der Waals surface area contributed by atoms with Crippen LogP contribution in [-0.4, -0.2) is 12.1 Å². The summed E-state index contributed by atoms with van der Waals surface area (Å²) in [6.07, 6.45) is 3.72. The van der Waals surface area contributed by atoms with Gasteiger partial charge in [0.05, 0.1) is 29.4 Å². The molecule has 2 heterocycles. The van der Waals surface area contributed by atoms with E-state index in [-0.39, 0.29) is 0 Å². The van der Waals surface area contributed by atoms with E-state index in [0.29, 0.717) is 0 Å². The number of thiophene rings is 1. The molecular formula is C14H12N2OS. The molecule has 0 spiro atoms. The molecule has 0 unspecified atom stereocenters. The Labute approximate surface area is 109 Å². The summed E-state index contributed by atoms with van der Waals surface area (Å²) in [6, 6.07) is 9.95. The van der Waals surface area contributed by atoms with Crippen LogP contribution in [0.3, 0.4) is 0 Å². The second kappa shape index (κ2) is 4.66. The minimum atomic E-state index is 0.824. The van der Waals surface area contributed by atoms with E-state index >= 15 is 0 Å². The van der Waals surface area contributed by atoms with Crippen molar-refractivity contribution >= 4 is 32.8 Å². The number of para-hydroxylation sites is 2. The maximum atomic E-state index is 5.33. The Bertz CT molecular complexity index is 678. The number of fused-ring (bicyclic) bond motifs is 1. The van der Waals surface area contributed by atoms with Crippen LogP contribution in [0.15, 0.2) is 48.1 Å². The van der Waals surface area contributed by atoms with Crippen LogP contribution in [0.2, 0.25) is 0 Å². The molecular weight excluding hydrogens is 244 g/mol. The molecule has 0 fully saturated rings. The van der Waals surface area contributed by atoms with Crippen molar-refractivity contribution in [1.29, 1.82) is 0 Å². The molecule has 1 N–H and O–H groups in total. The highest BCUT2D eigenvalue weighted by Crippen LogP contribution is 2.32. The fraction of sp³-hybridized carbons (Fsp3) is 0.0714. The van der Waals surface area contributed by atoms with Gasteiger partial charge in [0, 0.05) is 11.6 Å². The van der Waals surface area contributed by atoms with Crippen LogP contribution in [-0.2, 0) is 0 Å². The third kappa shape index (κ3) is 1.91. The molecule has 1 aromatic carbocycles. The van der Waals surface area contributed by atoms with Crippen molar-refractivity contribution in [1.82, 2.24) is 4.98 Å². The summed E-state index contributed by atoms with van der Waals surface area (Å²) in [4.78, 5) is 4.24. The molecule has 2 aromatic heterocycles. The van der Waals surface area contributed by atoms with Gasteiger partial charge in [-0.2, -0.15) is 0 Å². The molecule has 3 nitrogen and oxygen atoms in total. The van der Waals surface area contributed by atoms with E-state index in [1.54, 1.807) is 18.4 Å². The van der Waals surface area contributed by atoms with Crippen LogP contribution >= 0.6 is 11.3 Å². The number of methoxy groups -OCH3 is 1. The number of pyridine rings is 1. The highest BCUT2D eigenvalue weighted by Gasteiger charge is 2.06. The molecule has 0 saturated carbocycles. The Morgan fingerprint density at radius 2 is 2.00 bits per heavy atom. The Morgan fingerprint density at radius 1 is 1.11 bits per heavy atom. The molecule has 90 valence electrons. The molecule has 0 saturated heterocycles. The zero-order valence-corrected chi connectivity index (χ0v) is 10.7.